The van der Waals surface area contributed by atoms with Crippen LogP contribution in [-0.4, -0.2) is 28.3 Å². The topological polar surface area (TPSA) is 51.5 Å². The molecule has 0 amide bonds. The SMILES string of the molecule is CC(C)N(C)Cc1ccc(C(=O)Cn2ccc(OCc3ccccc3)cc2=O)cc1. The first-order valence-electron chi connectivity index (χ1n) is 10.1. The lowest BCUT2D eigenvalue weighted by atomic mass is 10.1. The van der Waals surface area contributed by atoms with E-state index in [2.05, 4.69) is 25.8 Å². The summed E-state index contributed by atoms with van der Waals surface area (Å²) in [5.74, 6) is 0.394. The van der Waals surface area contributed by atoms with Gasteiger partial charge in [0, 0.05) is 30.4 Å². The fourth-order valence-corrected chi connectivity index (χ4v) is 2.96. The van der Waals surface area contributed by atoms with Crippen LogP contribution in [0.1, 0.15) is 35.3 Å². The monoisotopic (exact) mass is 404 g/mol. The molecule has 0 spiro atoms. The predicted octanol–water partition coefficient (Wildman–Crippen LogP) is 4.15. The van der Waals surface area contributed by atoms with Gasteiger partial charge in [-0.15, -0.1) is 0 Å². The minimum absolute atomic E-state index is 0.00302. The molecule has 1 aromatic heterocycles. The Hall–Kier alpha value is -3.18. The fraction of sp³-hybridized carbons (Fsp3) is 0.280. The number of hydrogen-bond donors (Lipinski definition) is 0. The summed E-state index contributed by atoms with van der Waals surface area (Å²) in [5.41, 5.74) is 2.52. The van der Waals surface area contributed by atoms with Crippen molar-refractivity contribution in [1.29, 1.82) is 0 Å². The molecular formula is C25H28N2O3. The first kappa shape index (κ1) is 21.5. The normalized spacial score (nSPS) is 11.1. The number of ether oxygens (including phenoxy) is 1. The lowest BCUT2D eigenvalue weighted by Gasteiger charge is -2.21. The molecule has 2 aromatic carbocycles. The first-order valence-corrected chi connectivity index (χ1v) is 10.1. The maximum Gasteiger partial charge on any atom is 0.254 e. The van der Waals surface area contributed by atoms with Crippen LogP contribution < -0.4 is 10.3 Å². The van der Waals surface area contributed by atoms with E-state index in [1.54, 1.807) is 12.3 Å². The molecule has 0 saturated carbocycles. The summed E-state index contributed by atoms with van der Waals surface area (Å²) < 4.78 is 7.08. The standard InChI is InChI=1S/C25H28N2O3/c1-19(2)26(3)16-20-9-11-22(12-10-20)24(28)17-27-14-13-23(15-25(27)29)30-18-21-7-5-4-6-8-21/h4-15,19H,16-18H2,1-3H3. The van der Waals surface area contributed by atoms with E-state index >= 15 is 0 Å². The Bertz CT molecular complexity index is 1020. The van der Waals surface area contributed by atoms with Crippen molar-refractivity contribution in [3.63, 3.8) is 0 Å². The van der Waals surface area contributed by atoms with Crippen LogP contribution in [0.5, 0.6) is 5.75 Å². The van der Waals surface area contributed by atoms with Gasteiger partial charge >= 0.3 is 0 Å². The van der Waals surface area contributed by atoms with Crippen molar-refractivity contribution in [2.75, 3.05) is 7.05 Å². The number of nitrogens with zero attached hydrogens (tertiary/aromatic N) is 2. The van der Waals surface area contributed by atoms with Gasteiger partial charge in [-0.3, -0.25) is 14.5 Å². The molecule has 0 aliphatic heterocycles. The highest BCUT2D eigenvalue weighted by Gasteiger charge is 2.10. The highest BCUT2D eigenvalue weighted by atomic mass is 16.5. The van der Waals surface area contributed by atoms with Gasteiger partial charge in [0.2, 0.25) is 0 Å². The van der Waals surface area contributed by atoms with E-state index in [-0.39, 0.29) is 17.9 Å². The number of rotatable bonds is 9. The van der Waals surface area contributed by atoms with E-state index in [1.807, 2.05) is 54.6 Å². The van der Waals surface area contributed by atoms with Crippen molar-refractivity contribution >= 4 is 5.78 Å². The zero-order valence-corrected chi connectivity index (χ0v) is 17.7. The van der Waals surface area contributed by atoms with Crippen LogP contribution in [0, 0.1) is 0 Å². The quantitative estimate of drug-likeness (QED) is 0.503. The van der Waals surface area contributed by atoms with Crippen LogP contribution in [0.15, 0.2) is 77.7 Å². The average molecular weight is 405 g/mol. The number of hydrogen-bond acceptors (Lipinski definition) is 4. The second kappa shape index (κ2) is 10.0. The lowest BCUT2D eigenvalue weighted by Crippen LogP contribution is -2.25. The molecule has 0 aliphatic rings. The molecule has 0 saturated heterocycles. The van der Waals surface area contributed by atoms with Gasteiger partial charge in [-0.2, -0.15) is 0 Å². The van der Waals surface area contributed by atoms with Gasteiger partial charge in [-0.25, -0.2) is 0 Å². The Morgan fingerprint density at radius 2 is 1.70 bits per heavy atom. The Morgan fingerprint density at radius 3 is 2.33 bits per heavy atom. The number of Topliss-reactive ketones (excluding diaryl/α,β-unsaturated/α-hetero) is 1. The molecule has 1 heterocycles. The molecular weight excluding hydrogens is 376 g/mol. The van der Waals surface area contributed by atoms with E-state index in [9.17, 15) is 9.59 Å². The number of carbonyl (C=O) groups is 1. The second-order valence-electron chi connectivity index (χ2n) is 7.73. The molecule has 0 N–H and O–H groups in total. The molecule has 0 bridgehead atoms. The largest absolute Gasteiger partial charge is 0.489 e. The van der Waals surface area contributed by atoms with Gasteiger partial charge in [-0.1, -0.05) is 54.6 Å². The van der Waals surface area contributed by atoms with Crippen LogP contribution in [0.25, 0.3) is 0 Å². The van der Waals surface area contributed by atoms with Crippen LogP contribution in [0.3, 0.4) is 0 Å². The molecule has 5 heteroatoms. The van der Waals surface area contributed by atoms with Gasteiger partial charge in [0.25, 0.3) is 5.56 Å². The molecule has 0 unspecified atom stereocenters. The van der Waals surface area contributed by atoms with E-state index in [0.29, 0.717) is 24.0 Å². The number of ketones is 1. The summed E-state index contributed by atoms with van der Waals surface area (Å²) >= 11 is 0. The third kappa shape index (κ3) is 5.91. The fourth-order valence-electron chi connectivity index (χ4n) is 2.96. The number of carbonyl (C=O) groups excluding carboxylic acids is 1. The Kier molecular flexibility index (Phi) is 7.20. The van der Waals surface area contributed by atoms with Crippen LogP contribution in [-0.2, 0) is 19.7 Å². The minimum atomic E-state index is -0.260. The molecule has 0 atom stereocenters. The van der Waals surface area contributed by atoms with Crippen molar-refractivity contribution < 1.29 is 9.53 Å². The summed E-state index contributed by atoms with van der Waals surface area (Å²) in [5, 5.41) is 0. The van der Waals surface area contributed by atoms with E-state index in [1.165, 1.54) is 10.6 Å². The molecule has 5 nitrogen and oxygen atoms in total. The van der Waals surface area contributed by atoms with Crippen molar-refractivity contribution in [3.05, 3.63) is 100.0 Å². The summed E-state index contributed by atoms with van der Waals surface area (Å²) in [7, 11) is 2.07. The smallest absolute Gasteiger partial charge is 0.254 e. The van der Waals surface area contributed by atoms with Gasteiger partial charge in [-0.05, 0) is 38.1 Å². The molecule has 0 aliphatic carbocycles. The zero-order chi connectivity index (χ0) is 21.5. The summed E-state index contributed by atoms with van der Waals surface area (Å²) in [4.78, 5) is 27.2. The number of aromatic nitrogens is 1. The van der Waals surface area contributed by atoms with Crippen LogP contribution in [0.4, 0.5) is 0 Å². The molecule has 3 aromatic rings. The van der Waals surface area contributed by atoms with Gasteiger partial charge in [0.05, 0.1) is 6.54 Å². The third-order valence-corrected chi connectivity index (χ3v) is 5.12. The van der Waals surface area contributed by atoms with Gasteiger partial charge in [0.15, 0.2) is 5.78 Å². The number of benzene rings is 2. The van der Waals surface area contributed by atoms with Crippen LogP contribution in [0.2, 0.25) is 0 Å². The van der Waals surface area contributed by atoms with Crippen molar-refractivity contribution in [1.82, 2.24) is 9.47 Å². The maximum absolute atomic E-state index is 12.6. The third-order valence-electron chi connectivity index (χ3n) is 5.12. The molecule has 30 heavy (non-hydrogen) atoms. The highest BCUT2D eigenvalue weighted by Crippen LogP contribution is 2.12. The minimum Gasteiger partial charge on any atom is -0.489 e. The Balaban J connectivity index is 1.60. The lowest BCUT2D eigenvalue weighted by molar-refractivity contribution is 0.0970. The summed E-state index contributed by atoms with van der Waals surface area (Å²) in [6.07, 6.45) is 1.60. The maximum atomic E-state index is 12.6. The van der Waals surface area contributed by atoms with E-state index in [0.717, 1.165) is 17.7 Å². The first-order chi connectivity index (χ1) is 14.4. The van der Waals surface area contributed by atoms with Crippen molar-refractivity contribution in [3.8, 4) is 5.75 Å². The van der Waals surface area contributed by atoms with Gasteiger partial charge < -0.3 is 9.30 Å². The van der Waals surface area contributed by atoms with E-state index in [4.69, 9.17) is 4.74 Å². The predicted molar refractivity (Wildman–Crippen MR) is 119 cm³/mol. The second-order valence-corrected chi connectivity index (χ2v) is 7.73. The molecule has 3 rings (SSSR count). The van der Waals surface area contributed by atoms with Crippen molar-refractivity contribution in [2.45, 2.75) is 39.6 Å². The van der Waals surface area contributed by atoms with Crippen LogP contribution >= 0.6 is 0 Å². The molecule has 156 valence electrons. The zero-order valence-electron chi connectivity index (χ0n) is 17.7. The Morgan fingerprint density at radius 1 is 1.00 bits per heavy atom. The summed E-state index contributed by atoms with van der Waals surface area (Å²) in [6.45, 7) is 5.52. The Labute approximate surface area is 177 Å². The van der Waals surface area contributed by atoms with Gasteiger partial charge in [0.1, 0.15) is 12.4 Å². The average Bonchev–Trinajstić information content (AvgIpc) is 2.75. The number of pyridine rings is 1. The molecule has 0 radical (unpaired) electrons. The van der Waals surface area contributed by atoms with E-state index < -0.39 is 0 Å². The summed E-state index contributed by atoms with van der Waals surface area (Å²) in [6, 6.07) is 20.9. The highest BCUT2D eigenvalue weighted by molar-refractivity contribution is 5.95. The molecule has 0 fully saturated rings. The van der Waals surface area contributed by atoms with Crippen molar-refractivity contribution in [2.24, 2.45) is 0 Å².